The molecule has 126 valence electrons. The van der Waals surface area contributed by atoms with Crippen molar-refractivity contribution in [3.63, 3.8) is 0 Å². The van der Waals surface area contributed by atoms with Crippen molar-refractivity contribution in [1.29, 1.82) is 0 Å². The highest BCUT2D eigenvalue weighted by molar-refractivity contribution is 6.33. The number of barbiturate groups is 1. The fourth-order valence-electron chi connectivity index (χ4n) is 2.27. The van der Waals surface area contributed by atoms with Gasteiger partial charge in [0.25, 0.3) is 5.91 Å². The Morgan fingerprint density at radius 2 is 1.76 bits per heavy atom. The number of imide groups is 2. The minimum Gasteiger partial charge on any atom is -0.276 e. The molecule has 0 aliphatic carbocycles. The Labute approximate surface area is 146 Å². The monoisotopic (exact) mass is 359 g/mol. The second-order valence-electron chi connectivity index (χ2n) is 5.15. The Kier molecular flexibility index (Phi) is 4.58. The molecule has 6 nitrogen and oxygen atoms in total. The normalized spacial score (nSPS) is 17.9. The summed E-state index contributed by atoms with van der Waals surface area (Å²) < 4.78 is 13.6. The van der Waals surface area contributed by atoms with Gasteiger partial charge in [0.15, 0.2) is 5.92 Å². The van der Waals surface area contributed by atoms with E-state index in [0.717, 1.165) is 11.1 Å². The number of carbonyl (C=O) groups is 3. The molecule has 25 heavy (non-hydrogen) atoms. The number of nitrogens with zero attached hydrogens (tertiary/aromatic N) is 2. The highest BCUT2D eigenvalue weighted by Crippen LogP contribution is 2.23. The number of aliphatic imine (C=N–C) groups is 1. The molecule has 1 aliphatic heterocycles. The molecule has 4 amide bonds. The second kappa shape index (κ2) is 6.82. The van der Waals surface area contributed by atoms with Crippen LogP contribution < -0.4 is 10.2 Å². The van der Waals surface area contributed by atoms with Gasteiger partial charge in [0.1, 0.15) is 5.82 Å². The molecule has 8 heteroatoms. The molecule has 1 atom stereocenters. The van der Waals surface area contributed by atoms with Crippen molar-refractivity contribution in [3.8, 4) is 0 Å². The van der Waals surface area contributed by atoms with Gasteiger partial charge >= 0.3 is 6.03 Å². The average Bonchev–Trinajstić information content (AvgIpc) is 2.57. The summed E-state index contributed by atoms with van der Waals surface area (Å²) in [4.78, 5) is 41.2. The molecule has 3 rings (SSSR count). The number of para-hydroxylation sites is 1. The molecule has 0 aromatic heterocycles. The van der Waals surface area contributed by atoms with Gasteiger partial charge in [-0.25, -0.2) is 14.1 Å². The largest absolute Gasteiger partial charge is 0.335 e. The van der Waals surface area contributed by atoms with E-state index in [9.17, 15) is 18.8 Å². The van der Waals surface area contributed by atoms with Crippen LogP contribution in [0.4, 0.5) is 20.6 Å². The lowest BCUT2D eigenvalue weighted by Crippen LogP contribution is -2.58. The topological polar surface area (TPSA) is 78.8 Å². The molecule has 0 unspecified atom stereocenters. The maximum Gasteiger partial charge on any atom is 0.335 e. The van der Waals surface area contributed by atoms with Gasteiger partial charge in [0, 0.05) is 11.2 Å². The Bertz CT molecular complexity index is 883. The molecule has 0 bridgehead atoms. The van der Waals surface area contributed by atoms with E-state index in [1.165, 1.54) is 42.5 Å². The van der Waals surface area contributed by atoms with Crippen LogP contribution in [-0.2, 0) is 9.59 Å². The molecule has 1 aliphatic rings. The van der Waals surface area contributed by atoms with Crippen LogP contribution >= 0.6 is 11.6 Å². The Morgan fingerprint density at radius 1 is 1.08 bits per heavy atom. The standard InChI is InChI=1S/C17H11ClFN3O3/c18-10-5-7-11(8-6-10)22-16(24)12(15(23)21-17(22)25)9-20-14-4-2-1-3-13(14)19/h1-9,12H,(H,21,23,25)/t12-/m1/s1. The van der Waals surface area contributed by atoms with Gasteiger partial charge in [-0.05, 0) is 36.4 Å². The van der Waals surface area contributed by atoms with Gasteiger partial charge in [0.05, 0.1) is 11.4 Å². The number of rotatable bonds is 3. The van der Waals surface area contributed by atoms with E-state index in [1.54, 1.807) is 6.07 Å². The van der Waals surface area contributed by atoms with Gasteiger partial charge in [0.2, 0.25) is 5.91 Å². The van der Waals surface area contributed by atoms with E-state index in [4.69, 9.17) is 11.6 Å². The van der Waals surface area contributed by atoms with Gasteiger partial charge in [-0.3, -0.25) is 19.9 Å². The van der Waals surface area contributed by atoms with Crippen LogP contribution in [0, 0.1) is 11.7 Å². The number of amides is 4. The smallest absolute Gasteiger partial charge is 0.276 e. The molecule has 2 aromatic carbocycles. The first-order valence-corrected chi connectivity index (χ1v) is 7.58. The second-order valence-corrected chi connectivity index (χ2v) is 5.59. The van der Waals surface area contributed by atoms with E-state index in [-0.39, 0.29) is 11.4 Å². The number of nitrogens with one attached hydrogen (secondary N) is 1. The van der Waals surface area contributed by atoms with E-state index >= 15 is 0 Å². The summed E-state index contributed by atoms with van der Waals surface area (Å²) in [7, 11) is 0. The number of hydrogen-bond donors (Lipinski definition) is 1. The molecule has 0 saturated carbocycles. The number of hydrogen-bond acceptors (Lipinski definition) is 4. The third-order valence-electron chi connectivity index (χ3n) is 3.50. The van der Waals surface area contributed by atoms with Crippen molar-refractivity contribution in [2.45, 2.75) is 0 Å². The van der Waals surface area contributed by atoms with Crippen LogP contribution in [0.3, 0.4) is 0 Å². The molecule has 0 spiro atoms. The third-order valence-corrected chi connectivity index (χ3v) is 3.75. The predicted molar refractivity (Wildman–Crippen MR) is 90.5 cm³/mol. The molecule has 1 fully saturated rings. The van der Waals surface area contributed by atoms with E-state index < -0.39 is 29.6 Å². The van der Waals surface area contributed by atoms with Gasteiger partial charge in [-0.1, -0.05) is 23.7 Å². The average molecular weight is 360 g/mol. The fraction of sp³-hybridized carbons (Fsp3) is 0.0588. The third kappa shape index (κ3) is 3.41. The van der Waals surface area contributed by atoms with E-state index in [1.807, 2.05) is 0 Å². The maximum atomic E-state index is 13.6. The van der Waals surface area contributed by atoms with Crippen LogP contribution in [0.5, 0.6) is 0 Å². The lowest BCUT2D eigenvalue weighted by Gasteiger charge is -2.28. The number of halogens is 2. The summed E-state index contributed by atoms with van der Waals surface area (Å²) in [5.74, 6) is -3.54. The van der Waals surface area contributed by atoms with Crippen LogP contribution in [0.15, 0.2) is 53.5 Å². The first-order valence-electron chi connectivity index (χ1n) is 7.20. The van der Waals surface area contributed by atoms with Crippen molar-refractivity contribution >= 4 is 47.0 Å². The minimum atomic E-state index is -1.35. The fourth-order valence-corrected chi connectivity index (χ4v) is 2.39. The number of carbonyl (C=O) groups excluding carboxylic acids is 3. The van der Waals surface area contributed by atoms with Gasteiger partial charge < -0.3 is 0 Å². The summed E-state index contributed by atoms with van der Waals surface area (Å²) >= 11 is 5.79. The first kappa shape index (κ1) is 16.8. The number of benzene rings is 2. The molecule has 1 N–H and O–H groups in total. The number of anilines is 1. The van der Waals surface area contributed by atoms with Crippen LogP contribution in [-0.4, -0.2) is 24.1 Å². The zero-order chi connectivity index (χ0) is 18.0. The quantitative estimate of drug-likeness (QED) is 0.675. The van der Waals surface area contributed by atoms with E-state index in [0.29, 0.717) is 5.02 Å². The van der Waals surface area contributed by atoms with Crippen LogP contribution in [0.25, 0.3) is 0 Å². The Balaban J connectivity index is 1.90. The minimum absolute atomic E-state index is 0.0157. The highest BCUT2D eigenvalue weighted by atomic mass is 35.5. The highest BCUT2D eigenvalue weighted by Gasteiger charge is 2.40. The van der Waals surface area contributed by atoms with Crippen molar-refractivity contribution < 1.29 is 18.8 Å². The molecule has 0 radical (unpaired) electrons. The Morgan fingerprint density at radius 3 is 2.44 bits per heavy atom. The zero-order valence-corrected chi connectivity index (χ0v) is 13.4. The van der Waals surface area contributed by atoms with E-state index in [2.05, 4.69) is 10.3 Å². The molecule has 1 saturated heterocycles. The van der Waals surface area contributed by atoms with Crippen molar-refractivity contribution in [1.82, 2.24) is 5.32 Å². The zero-order valence-electron chi connectivity index (χ0n) is 12.6. The summed E-state index contributed by atoms with van der Waals surface area (Å²) in [6.07, 6.45) is 1.02. The molecular formula is C17H11ClFN3O3. The summed E-state index contributed by atoms with van der Waals surface area (Å²) in [6, 6.07) is 10.8. The summed E-state index contributed by atoms with van der Waals surface area (Å²) in [5.41, 5.74) is 0.238. The molecule has 1 heterocycles. The molecular weight excluding hydrogens is 349 g/mol. The van der Waals surface area contributed by atoms with Gasteiger partial charge in [-0.2, -0.15) is 0 Å². The summed E-state index contributed by atoms with van der Waals surface area (Å²) in [5, 5.41) is 2.52. The number of urea groups is 1. The maximum absolute atomic E-state index is 13.6. The lowest BCUT2D eigenvalue weighted by atomic mass is 10.1. The van der Waals surface area contributed by atoms with Gasteiger partial charge in [-0.15, -0.1) is 0 Å². The SMILES string of the molecule is O=C1NC(=O)N(c2ccc(Cl)cc2)C(=O)[C@@H]1C=Nc1ccccc1F. The van der Waals surface area contributed by atoms with Crippen molar-refractivity contribution in [2.75, 3.05) is 4.90 Å². The van der Waals surface area contributed by atoms with Crippen LogP contribution in [0.1, 0.15) is 0 Å². The van der Waals surface area contributed by atoms with Crippen LogP contribution in [0.2, 0.25) is 5.02 Å². The van der Waals surface area contributed by atoms with Crippen molar-refractivity contribution in [3.05, 3.63) is 59.4 Å². The predicted octanol–water partition coefficient (Wildman–Crippen LogP) is 3.08. The van der Waals surface area contributed by atoms with Crippen molar-refractivity contribution in [2.24, 2.45) is 10.9 Å². The first-order chi connectivity index (χ1) is 12.0. The lowest BCUT2D eigenvalue weighted by molar-refractivity contribution is -0.131. The summed E-state index contributed by atoms with van der Waals surface area (Å²) in [6.45, 7) is 0. The molecule has 2 aromatic rings. The Hall–Kier alpha value is -3.06.